The molecule has 0 aromatic heterocycles. The second-order valence-electron chi connectivity index (χ2n) is 6.00. The number of rotatable bonds is 8. The van der Waals surface area contributed by atoms with Crippen LogP contribution in [0.3, 0.4) is 0 Å². The van der Waals surface area contributed by atoms with E-state index in [4.69, 9.17) is 0 Å². The minimum Gasteiger partial charge on any atom is -0.381 e. The van der Waals surface area contributed by atoms with E-state index in [1.54, 1.807) is 0 Å². The van der Waals surface area contributed by atoms with Crippen molar-refractivity contribution >= 4 is 0 Å². The number of hydrogen-bond donors (Lipinski definition) is 2. The number of benzene rings is 2. The predicted molar refractivity (Wildman–Crippen MR) is 103 cm³/mol. The first-order valence-corrected chi connectivity index (χ1v) is 8.18. The molecule has 0 aliphatic rings. The lowest BCUT2D eigenvalue weighted by molar-refractivity contribution is 0.825. The van der Waals surface area contributed by atoms with Crippen molar-refractivity contribution < 1.29 is 0 Å². The van der Waals surface area contributed by atoms with E-state index < -0.39 is 0 Å². The van der Waals surface area contributed by atoms with Crippen molar-refractivity contribution in [3.8, 4) is 0 Å². The zero-order valence-electron chi connectivity index (χ0n) is 14.6. The highest BCUT2D eigenvalue weighted by Crippen LogP contribution is 2.10. The van der Waals surface area contributed by atoms with Gasteiger partial charge in [0.15, 0.2) is 0 Å². The lowest BCUT2D eigenvalue weighted by atomic mass is 10.1. The third-order valence-corrected chi connectivity index (χ3v) is 3.94. The second-order valence-corrected chi connectivity index (χ2v) is 6.00. The van der Waals surface area contributed by atoms with Gasteiger partial charge in [0.05, 0.1) is 0 Å². The Morgan fingerprint density at radius 3 is 1.96 bits per heavy atom. The molecule has 0 amide bonds. The number of hydrogen-bond acceptors (Lipinski definition) is 2. The zero-order valence-corrected chi connectivity index (χ0v) is 14.6. The van der Waals surface area contributed by atoms with Gasteiger partial charge < -0.3 is 10.6 Å². The molecule has 0 radical (unpaired) electrons. The molecule has 0 aliphatic carbocycles. The lowest BCUT2D eigenvalue weighted by Gasteiger charge is -2.09. The highest BCUT2D eigenvalue weighted by Gasteiger charge is 1.97. The summed E-state index contributed by atoms with van der Waals surface area (Å²) in [4.78, 5) is 0. The van der Waals surface area contributed by atoms with Gasteiger partial charge in [-0.2, -0.15) is 0 Å². The van der Waals surface area contributed by atoms with E-state index in [1.165, 1.54) is 22.3 Å². The molecular weight excluding hydrogens is 292 g/mol. The van der Waals surface area contributed by atoms with Gasteiger partial charge in [0.25, 0.3) is 0 Å². The van der Waals surface area contributed by atoms with Gasteiger partial charge in [0.1, 0.15) is 0 Å². The van der Waals surface area contributed by atoms with Crippen LogP contribution in [0.25, 0.3) is 0 Å². The summed E-state index contributed by atoms with van der Waals surface area (Å²) in [6, 6.07) is 16.8. The van der Waals surface area contributed by atoms with E-state index in [0.29, 0.717) is 0 Å². The normalized spacial score (nSPS) is 10.6. The molecule has 2 nitrogen and oxygen atoms in total. The minimum absolute atomic E-state index is 0.770. The molecule has 2 heteroatoms. The van der Waals surface area contributed by atoms with E-state index in [2.05, 4.69) is 68.0 Å². The molecule has 2 aromatic carbocycles. The Morgan fingerprint density at radius 2 is 1.38 bits per heavy atom. The van der Waals surface area contributed by atoms with Crippen LogP contribution in [0.15, 0.2) is 85.2 Å². The van der Waals surface area contributed by atoms with Gasteiger partial charge in [-0.3, -0.25) is 0 Å². The third kappa shape index (κ3) is 5.81. The second kappa shape index (κ2) is 8.78. The maximum Gasteiger partial charge on any atom is 0.0400 e. The molecule has 0 saturated heterocycles. The molecule has 2 rings (SSSR count). The Labute approximate surface area is 145 Å². The van der Waals surface area contributed by atoms with Crippen LogP contribution in [0, 0.1) is 13.8 Å². The molecule has 124 valence electrons. The molecular formula is C22H26N2. The fraction of sp³-hybridized carbons (Fsp3) is 0.182. The van der Waals surface area contributed by atoms with Gasteiger partial charge in [-0.15, -0.1) is 0 Å². The summed E-state index contributed by atoms with van der Waals surface area (Å²) in [7, 11) is 0. The number of aryl methyl sites for hydroxylation is 2. The summed E-state index contributed by atoms with van der Waals surface area (Å²) in [6.45, 7) is 13.9. The summed E-state index contributed by atoms with van der Waals surface area (Å²) in [5.41, 5.74) is 6.86. The molecule has 2 N–H and O–H groups in total. The van der Waals surface area contributed by atoms with Crippen molar-refractivity contribution in [3.05, 3.63) is 107 Å². The van der Waals surface area contributed by atoms with E-state index in [9.17, 15) is 0 Å². The molecule has 24 heavy (non-hydrogen) atoms. The van der Waals surface area contributed by atoms with Gasteiger partial charge in [0.2, 0.25) is 0 Å². The number of nitrogens with one attached hydrogen (secondary N) is 2. The molecule has 0 bridgehead atoms. The molecule has 0 unspecified atom stereocenters. The first kappa shape index (κ1) is 17.6. The Kier molecular flexibility index (Phi) is 6.44. The van der Waals surface area contributed by atoms with E-state index in [1.807, 2.05) is 30.4 Å². The maximum atomic E-state index is 4.03. The monoisotopic (exact) mass is 318 g/mol. The smallest absolute Gasteiger partial charge is 0.0400 e. The van der Waals surface area contributed by atoms with Crippen molar-refractivity contribution in [3.63, 3.8) is 0 Å². The lowest BCUT2D eigenvalue weighted by Crippen LogP contribution is -2.12. The Hall–Kier alpha value is -2.74. The first-order chi connectivity index (χ1) is 11.5. The Bertz CT molecular complexity index is 727. The summed E-state index contributed by atoms with van der Waals surface area (Å²) in [5, 5.41) is 6.62. The predicted octanol–water partition coefficient (Wildman–Crippen LogP) is 4.77. The van der Waals surface area contributed by atoms with Crippen molar-refractivity contribution in [2.45, 2.75) is 26.9 Å². The molecule has 0 spiro atoms. The first-order valence-electron chi connectivity index (χ1n) is 8.18. The van der Waals surface area contributed by atoms with Gasteiger partial charge in [-0.05, 0) is 48.3 Å². The summed E-state index contributed by atoms with van der Waals surface area (Å²) >= 11 is 0. The summed E-state index contributed by atoms with van der Waals surface area (Å²) in [5.74, 6) is 0. The van der Waals surface area contributed by atoms with Crippen LogP contribution in [-0.4, -0.2) is 0 Å². The third-order valence-electron chi connectivity index (χ3n) is 3.94. The molecule has 0 saturated carbocycles. The SMILES string of the molecule is C=C(/C=C\C(=C)NCc1ccc(C)c(C)c1)NCc1ccccc1. The fourth-order valence-corrected chi connectivity index (χ4v) is 2.26. The van der Waals surface area contributed by atoms with Crippen molar-refractivity contribution in [2.75, 3.05) is 0 Å². The van der Waals surface area contributed by atoms with Crippen LogP contribution in [-0.2, 0) is 13.1 Å². The van der Waals surface area contributed by atoms with Crippen LogP contribution in [0.2, 0.25) is 0 Å². The van der Waals surface area contributed by atoms with Crippen LogP contribution < -0.4 is 10.6 Å². The van der Waals surface area contributed by atoms with Crippen molar-refractivity contribution in [1.29, 1.82) is 0 Å². The molecule has 0 heterocycles. The largest absolute Gasteiger partial charge is 0.381 e. The van der Waals surface area contributed by atoms with Gasteiger partial charge in [-0.1, -0.05) is 61.7 Å². The maximum absolute atomic E-state index is 4.03. The van der Waals surface area contributed by atoms with Gasteiger partial charge in [0, 0.05) is 24.5 Å². The van der Waals surface area contributed by atoms with Crippen LogP contribution in [0.5, 0.6) is 0 Å². The molecule has 0 fully saturated rings. The highest BCUT2D eigenvalue weighted by atomic mass is 14.9. The summed E-state index contributed by atoms with van der Waals surface area (Å²) < 4.78 is 0. The number of allylic oxidation sites excluding steroid dienone is 2. The molecule has 0 atom stereocenters. The standard InChI is InChI=1S/C22H26N2/c1-17-10-13-22(14-18(17)2)16-24-20(4)12-11-19(3)23-15-21-8-6-5-7-9-21/h5-14,23-24H,3-4,15-16H2,1-2H3/b12-11-. The average Bonchev–Trinajstić information content (AvgIpc) is 2.60. The van der Waals surface area contributed by atoms with Crippen molar-refractivity contribution in [2.24, 2.45) is 0 Å². The average molecular weight is 318 g/mol. The van der Waals surface area contributed by atoms with Crippen LogP contribution in [0.4, 0.5) is 0 Å². The minimum atomic E-state index is 0.770. The Morgan fingerprint density at radius 1 is 0.792 bits per heavy atom. The zero-order chi connectivity index (χ0) is 17.4. The molecule has 2 aromatic rings. The van der Waals surface area contributed by atoms with Crippen LogP contribution >= 0.6 is 0 Å². The van der Waals surface area contributed by atoms with Gasteiger partial charge in [-0.25, -0.2) is 0 Å². The molecule has 0 aliphatic heterocycles. The van der Waals surface area contributed by atoms with Gasteiger partial charge >= 0.3 is 0 Å². The fourth-order valence-electron chi connectivity index (χ4n) is 2.26. The highest BCUT2D eigenvalue weighted by molar-refractivity contribution is 5.30. The van der Waals surface area contributed by atoms with Crippen molar-refractivity contribution in [1.82, 2.24) is 10.6 Å². The topological polar surface area (TPSA) is 24.1 Å². The summed E-state index contributed by atoms with van der Waals surface area (Å²) in [6.07, 6.45) is 3.89. The van der Waals surface area contributed by atoms with E-state index in [-0.39, 0.29) is 0 Å². The van der Waals surface area contributed by atoms with E-state index in [0.717, 1.165) is 24.5 Å². The Balaban J connectivity index is 1.75. The quantitative estimate of drug-likeness (QED) is 0.685. The van der Waals surface area contributed by atoms with Crippen LogP contribution in [0.1, 0.15) is 22.3 Å². The van der Waals surface area contributed by atoms with E-state index >= 15 is 0 Å².